The molecule has 1 aliphatic rings. The molecular weight excluding hydrogens is 420 g/mol. The highest BCUT2D eigenvalue weighted by Crippen LogP contribution is 2.41. The van der Waals surface area contributed by atoms with Crippen molar-refractivity contribution >= 4 is 32.9 Å². The molecule has 0 radical (unpaired) electrons. The maximum absolute atomic E-state index is 13.5. The summed E-state index contributed by atoms with van der Waals surface area (Å²) in [6.07, 6.45) is 4.03. The largest absolute Gasteiger partial charge is 0.336 e. The summed E-state index contributed by atoms with van der Waals surface area (Å²) in [5.41, 5.74) is 4.32. The lowest BCUT2D eigenvalue weighted by atomic mass is 10.1. The molecule has 0 saturated heterocycles. The molecule has 3 aromatic heterocycles. The molecule has 148 valence electrons. The number of nitrogens with zero attached hydrogens (tertiary/aromatic N) is 6. The van der Waals surface area contributed by atoms with Crippen LogP contribution < -0.4 is 0 Å². The van der Waals surface area contributed by atoms with Gasteiger partial charge >= 0.3 is 0 Å². The summed E-state index contributed by atoms with van der Waals surface area (Å²) in [6, 6.07) is 2.17. The monoisotopic (exact) mass is 444 g/mol. The Bertz CT molecular complexity index is 1040. The van der Waals surface area contributed by atoms with E-state index in [0.717, 1.165) is 45.4 Å². The van der Waals surface area contributed by atoms with Crippen LogP contribution in [0.4, 0.5) is 0 Å². The third kappa shape index (κ3) is 3.23. The second-order valence-corrected chi connectivity index (χ2v) is 8.77. The topological polar surface area (TPSA) is 68.8 Å². The molecule has 4 rings (SSSR count). The molecule has 0 aliphatic heterocycles. The molecule has 3 aromatic rings. The number of hydrogen-bond acceptors (Lipinski definition) is 4. The van der Waals surface area contributed by atoms with Crippen molar-refractivity contribution in [3.63, 3.8) is 0 Å². The van der Waals surface area contributed by atoms with Crippen LogP contribution in [0.2, 0.25) is 0 Å². The lowest BCUT2D eigenvalue weighted by molar-refractivity contribution is 0.0783. The fraction of sp³-hybridized carbons (Fsp3) is 0.500. The van der Waals surface area contributed by atoms with Crippen LogP contribution in [0.1, 0.15) is 66.1 Å². The predicted octanol–water partition coefficient (Wildman–Crippen LogP) is 3.97. The van der Waals surface area contributed by atoms with Crippen LogP contribution in [0, 0.1) is 6.92 Å². The van der Waals surface area contributed by atoms with Crippen LogP contribution in [0.3, 0.4) is 0 Å². The fourth-order valence-electron chi connectivity index (χ4n) is 3.57. The van der Waals surface area contributed by atoms with Crippen molar-refractivity contribution in [2.24, 2.45) is 7.05 Å². The van der Waals surface area contributed by atoms with Crippen molar-refractivity contribution in [3.8, 4) is 0 Å². The van der Waals surface area contributed by atoms with Gasteiger partial charge < -0.3 is 4.90 Å². The van der Waals surface area contributed by atoms with E-state index in [-0.39, 0.29) is 11.9 Å². The number of pyridine rings is 1. The summed E-state index contributed by atoms with van der Waals surface area (Å²) >= 11 is 3.52. The van der Waals surface area contributed by atoms with E-state index in [1.165, 1.54) is 0 Å². The lowest BCUT2D eigenvalue weighted by Gasteiger charge is -2.19. The molecule has 1 aliphatic carbocycles. The van der Waals surface area contributed by atoms with Crippen LogP contribution >= 0.6 is 15.9 Å². The Morgan fingerprint density at radius 1 is 1.39 bits per heavy atom. The molecule has 0 N–H and O–H groups in total. The molecule has 1 amide bonds. The maximum Gasteiger partial charge on any atom is 0.254 e. The first kappa shape index (κ1) is 19.1. The third-order valence-electron chi connectivity index (χ3n) is 5.32. The van der Waals surface area contributed by atoms with Crippen molar-refractivity contribution in [1.82, 2.24) is 29.4 Å². The van der Waals surface area contributed by atoms with Gasteiger partial charge in [0.1, 0.15) is 0 Å². The van der Waals surface area contributed by atoms with Crippen LogP contribution in [0.25, 0.3) is 11.0 Å². The van der Waals surface area contributed by atoms with E-state index in [4.69, 9.17) is 4.98 Å². The first-order valence-corrected chi connectivity index (χ1v) is 10.4. The highest BCUT2D eigenvalue weighted by atomic mass is 79.9. The summed E-state index contributed by atoms with van der Waals surface area (Å²) in [5, 5.41) is 9.78. The van der Waals surface area contributed by atoms with Crippen LogP contribution in [-0.4, -0.2) is 42.4 Å². The van der Waals surface area contributed by atoms with Crippen LogP contribution in [-0.2, 0) is 13.6 Å². The minimum absolute atomic E-state index is 0.0196. The van der Waals surface area contributed by atoms with Crippen molar-refractivity contribution in [2.75, 3.05) is 7.05 Å². The predicted molar refractivity (Wildman–Crippen MR) is 111 cm³/mol. The van der Waals surface area contributed by atoms with Gasteiger partial charge in [-0.25, -0.2) is 9.67 Å². The average molecular weight is 445 g/mol. The molecule has 0 unspecified atom stereocenters. The second kappa shape index (κ2) is 6.99. The molecule has 7 nitrogen and oxygen atoms in total. The molecule has 8 heteroatoms. The molecule has 0 spiro atoms. The number of aryl methyl sites for hydroxylation is 2. The number of aromatic nitrogens is 5. The summed E-state index contributed by atoms with van der Waals surface area (Å²) in [6.45, 7) is 6.60. The highest BCUT2D eigenvalue weighted by molar-refractivity contribution is 9.10. The van der Waals surface area contributed by atoms with E-state index in [1.54, 1.807) is 15.8 Å². The second-order valence-electron chi connectivity index (χ2n) is 7.92. The number of amides is 1. The summed E-state index contributed by atoms with van der Waals surface area (Å²) in [7, 11) is 3.71. The molecule has 0 bridgehead atoms. The molecular formula is C20H25BrN6O. The van der Waals surface area contributed by atoms with Gasteiger partial charge in [0.15, 0.2) is 5.65 Å². The van der Waals surface area contributed by atoms with E-state index in [2.05, 4.69) is 40.0 Å². The Morgan fingerprint density at radius 3 is 2.68 bits per heavy atom. The van der Waals surface area contributed by atoms with E-state index < -0.39 is 0 Å². The normalized spacial score (nSPS) is 14.2. The molecule has 1 fully saturated rings. The van der Waals surface area contributed by atoms with Crippen LogP contribution in [0.15, 0.2) is 16.7 Å². The van der Waals surface area contributed by atoms with Crippen molar-refractivity contribution in [3.05, 3.63) is 39.4 Å². The molecule has 1 saturated carbocycles. The fourth-order valence-corrected chi connectivity index (χ4v) is 4.04. The van der Waals surface area contributed by atoms with Gasteiger partial charge in [-0.3, -0.25) is 9.48 Å². The number of fused-ring (bicyclic) bond motifs is 1. The maximum atomic E-state index is 13.5. The quantitative estimate of drug-likeness (QED) is 0.596. The number of carbonyl (C=O) groups excluding carboxylic acids is 1. The number of hydrogen-bond donors (Lipinski definition) is 0. The third-order valence-corrected chi connectivity index (χ3v) is 5.98. The first-order chi connectivity index (χ1) is 13.3. The van der Waals surface area contributed by atoms with Gasteiger partial charge in [-0.05, 0) is 55.6 Å². The Labute approximate surface area is 172 Å². The van der Waals surface area contributed by atoms with Gasteiger partial charge in [0.05, 0.1) is 39.6 Å². The van der Waals surface area contributed by atoms with Gasteiger partial charge in [0.25, 0.3) is 5.91 Å². The van der Waals surface area contributed by atoms with Crippen molar-refractivity contribution in [2.45, 2.75) is 52.1 Å². The van der Waals surface area contributed by atoms with E-state index in [1.807, 2.05) is 31.8 Å². The molecule has 3 heterocycles. The number of carbonyl (C=O) groups is 1. The smallest absolute Gasteiger partial charge is 0.254 e. The zero-order chi connectivity index (χ0) is 20.2. The van der Waals surface area contributed by atoms with Gasteiger partial charge in [-0.1, -0.05) is 0 Å². The van der Waals surface area contributed by atoms with E-state index >= 15 is 0 Å². The average Bonchev–Trinajstić information content (AvgIpc) is 3.39. The van der Waals surface area contributed by atoms with E-state index in [0.29, 0.717) is 18.0 Å². The first-order valence-electron chi connectivity index (χ1n) is 9.59. The SMILES string of the molecule is Cc1nn(C(C)C)c2nc(C3CC3)cc(C(=O)N(C)Cc3c(Br)cnn3C)c12. The Hall–Kier alpha value is -2.22. The minimum atomic E-state index is -0.0196. The molecule has 0 atom stereocenters. The summed E-state index contributed by atoms with van der Waals surface area (Å²) < 4.78 is 4.62. The number of rotatable bonds is 5. The Morgan fingerprint density at radius 2 is 2.11 bits per heavy atom. The Balaban J connectivity index is 1.79. The lowest BCUT2D eigenvalue weighted by Crippen LogP contribution is -2.28. The highest BCUT2D eigenvalue weighted by Gasteiger charge is 2.30. The van der Waals surface area contributed by atoms with Gasteiger partial charge in [-0.2, -0.15) is 10.2 Å². The van der Waals surface area contributed by atoms with Crippen molar-refractivity contribution in [1.29, 1.82) is 0 Å². The van der Waals surface area contributed by atoms with E-state index in [9.17, 15) is 4.79 Å². The summed E-state index contributed by atoms with van der Waals surface area (Å²) in [5.74, 6) is 0.442. The zero-order valence-electron chi connectivity index (χ0n) is 16.9. The van der Waals surface area contributed by atoms with Gasteiger partial charge in [-0.15, -0.1) is 0 Å². The van der Waals surface area contributed by atoms with Crippen LogP contribution in [0.5, 0.6) is 0 Å². The van der Waals surface area contributed by atoms with Gasteiger partial charge in [0, 0.05) is 31.7 Å². The molecule has 0 aromatic carbocycles. The molecule has 28 heavy (non-hydrogen) atoms. The van der Waals surface area contributed by atoms with Gasteiger partial charge in [0.2, 0.25) is 0 Å². The standard InChI is InChI=1S/C20H25BrN6O/c1-11(2)27-19-18(12(3)24-27)14(8-16(23-19)13-6-7-13)20(28)25(4)10-17-15(21)9-22-26(17)5/h8-9,11,13H,6-7,10H2,1-5H3. The summed E-state index contributed by atoms with van der Waals surface area (Å²) in [4.78, 5) is 20.1. The zero-order valence-corrected chi connectivity index (χ0v) is 18.5. The Kier molecular flexibility index (Phi) is 4.77. The number of halogens is 1. The minimum Gasteiger partial charge on any atom is -0.336 e. The van der Waals surface area contributed by atoms with Crippen molar-refractivity contribution < 1.29 is 4.79 Å².